The van der Waals surface area contributed by atoms with Crippen molar-refractivity contribution in [3.8, 4) is 67.2 Å². The number of hydrogen-bond donors (Lipinski definition) is 0. The van der Waals surface area contributed by atoms with E-state index >= 15 is 0 Å². The van der Waals surface area contributed by atoms with Gasteiger partial charge in [0.1, 0.15) is 16.7 Å². The fourth-order valence-electron chi connectivity index (χ4n) is 10.5. The van der Waals surface area contributed by atoms with Gasteiger partial charge < -0.3 is 28.2 Å². The predicted octanol–water partition coefficient (Wildman–Crippen LogP) is 19.3. The van der Waals surface area contributed by atoms with Gasteiger partial charge in [-0.25, -0.2) is 0 Å². The van der Waals surface area contributed by atoms with E-state index in [1.165, 1.54) is 33.4 Å². The second-order valence-corrected chi connectivity index (χ2v) is 19.3. The van der Waals surface area contributed by atoms with Crippen molar-refractivity contribution in [1.82, 2.24) is 15.0 Å². The first-order chi connectivity index (χ1) is 38.4. The van der Waals surface area contributed by atoms with E-state index < -0.39 is 0 Å². The van der Waals surface area contributed by atoms with E-state index in [2.05, 4.69) is 181 Å². The molecule has 6 nitrogen and oxygen atoms in total. The monoisotopic (exact) mass is 1200 g/mol. The zero-order valence-corrected chi connectivity index (χ0v) is 45.8. The van der Waals surface area contributed by atoms with E-state index in [1.54, 1.807) is 0 Å². The van der Waals surface area contributed by atoms with Gasteiger partial charge in [-0.3, -0.25) is 0 Å². The maximum Gasteiger partial charge on any atom is 3.00 e. The smallest absolute Gasteiger partial charge is 0.501 e. The van der Waals surface area contributed by atoms with Crippen LogP contribution in [0.15, 0.2) is 250 Å². The third-order valence-corrected chi connectivity index (χ3v) is 14.4. The first kappa shape index (κ1) is 50.3. The summed E-state index contributed by atoms with van der Waals surface area (Å²) < 4.78 is 18.4. The normalized spacial score (nSPS) is 11.1. The Kier molecular flexibility index (Phi) is 13.9. The van der Waals surface area contributed by atoms with Gasteiger partial charge in [0.2, 0.25) is 0 Å². The molecule has 0 unspecified atom stereocenters. The molecule has 0 saturated heterocycles. The van der Waals surface area contributed by atoms with Crippen molar-refractivity contribution in [1.29, 1.82) is 0 Å². The van der Waals surface area contributed by atoms with Crippen LogP contribution in [-0.2, 0) is 20.1 Å². The second kappa shape index (κ2) is 21.8. The molecule has 0 aliphatic rings. The van der Waals surface area contributed by atoms with Crippen LogP contribution in [0.1, 0.15) is 16.7 Å². The molecule has 6 heterocycles. The van der Waals surface area contributed by atoms with Crippen molar-refractivity contribution in [2.75, 3.05) is 0 Å². The molecule has 0 atom stereocenters. The molecule has 6 aromatic heterocycles. The number of aryl methyl sites for hydroxylation is 3. The van der Waals surface area contributed by atoms with Gasteiger partial charge in [-0.1, -0.05) is 178 Å². The van der Waals surface area contributed by atoms with Gasteiger partial charge in [-0.15, -0.1) is 54.6 Å². The Morgan fingerprint density at radius 3 is 0.886 bits per heavy atom. The van der Waals surface area contributed by atoms with E-state index in [-0.39, 0.29) is 20.1 Å². The van der Waals surface area contributed by atoms with Crippen molar-refractivity contribution in [2.45, 2.75) is 20.8 Å². The fraction of sp³-hybridized carbons (Fsp3) is 0.0417. The van der Waals surface area contributed by atoms with Crippen LogP contribution in [0.25, 0.3) is 133 Å². The van der Waals surface area contributed by atoms with Crippen LogP contribution in [0, 0.1) is 39.0 Å². The Hall–Kier alpha value is -9.52. The maximum atomic E-state index is 6.14. The van der Waals surface area contributed by atoms with Gasteiger partial charge in [0.15, 0.2) is 0 Å². The van der Waals surface area contributed by atoms with Crippen molar-refractivity contribution >= 4 is 65.8 Å². The molecule has 7 heteroatoms. The molecular formula is C72H48IrN3O3. The minimum atomic E-state index is 0. The summed E-state index contributed by atoms with van der Waals surface area (Å²) in [5.41, 5.74) is 21.3. The Morgan fingerprint density at radius 2 is 0.582 bits per heavy atom. The number of hydrogen-bond acceptors (Lipinski definition) is 6. The third-order valence-electron chi connectivity index (χ3n) is 14.4. The van der Waals surface area contributed by atoms with E-state index in [9.17, 15) is 0 Å². The predicted molar refractivity (Wildman–Crippen MR) is 318 cm³/mol. The molecule has 15 rings (SSSR count). The molecule has 0 aliphatic heterocycles. The number of rotatable bonds is 6. The van der Waals surface area contributed by atoms with Crippen molar-refractivity contribution < 1.29 is 33.4 Å². The molecule has 0 radical (unpaired) electrons. The SMILES string of the molecule is Cc1ccccc1-c1ccnc(-c2[c-]ccc3c2oc2ccccc23)c1.Cc1ccccc1-c1ccnc(-c2[c-]ccc3c2oc2ccccc23)c1.Cc1ccccc1-c1ccnc(-c2[c-]ccc3c2oc2ccccc23)c1.[Ir+3]. The van der Waals surface area contributed by atoms with Gasteiger partial charge in [0, 0.05) is 34.7 Å². The molecule has 378 valence electrons. The number of benzene rings is 9. The molecule has 0 aliphatic carbocycles. The minimum absolute atomic E-state index is 0. The van der Waals surface area contributed by atoms with Crippen LogP contribution in [-0.4, -0.2) is 15.0 Å². The third kappa shape index (κ3) is 9.72. The topological polar surface area (TPSA) is 78.1 Å². The quantitative estimate of drug-likeness (QED) is 0.154. The van der Waals surface area contributed by atoms with Crippen LogP contribution >= 0.6 is 0 Å². The number of fused-ring (bicyclic) bond motifs is 9. The standard InChI is InChI=1S/3C24H16NO.Ir/c3*1-16-7-2-3-8-18(16)17-13-14-25-22(15-17)21-11-6-10-20-19-9-4-5-12-23(19)26-24(20)21;/h3*2-10,12-15H,1H3;/q3*-1;+3. The Bertz CT molecular complexity index is 4230. The molecule has 79 heavy (non-hydrogen) atoms. The second-order valence-electron chi connectivity index (χ2n) is 19.3. The van der Waals surface area contributed by atoms with Crippen LogP contribution in [0.4, 0.5) is 0 Å². The maximum absolute atomic E-state index is 6.14. The van der Waals surface area contributed by atoms with Crippen LogP contribution < -0.4 is 0 Å². The first-order valence-corrected chi connectivity index (χ1v) is 26.0. The average molecular weight is 1200 g/mol. The number of pyridine rings is 3. The number of furan rings is 3. The first-order valence-electron chi connectivity index (χ1n) is 26.0. The Labute approximate surface area is 471 Å². The average Bonchev–Trinajstić information content (AvgIpc) is 4.26. The molecule has 9 aromatic carbocycles. The van der Waals surface area contributed by atoms with Gasteiger partial charge in [-0.05, 0) is 124 Å². The molecule has 0 amide bonds. The van der Waals surface area contributed by atoms with E-state index in [0.29, 0.717) is 0 Å². The Morgan fingerprint density at radius 1 is 0.304 bits per heavy atom. The fourth-order valence-corrected chi connectivity index (χ4v) is 10.5. The minimum Gasteiger partial charge on any atom is -0.501 e. The zero-order chi connectivity index (χ0) is 52.5. The molecule has 0 fully saturated rings. The van der Waals surface area contributed by atoms with Crippen LogP contribution in [0.3, 0.4) is 0 Å². The molecule has 0 saturated carbocycles. The summed E-state index contributed by atoms with van der Waals surface area (Å²) in [7, 11) is 0. The zero-order valence-electron chi connectivity index (χ0n) is 43.4. The van der Waals surface area contributed by atoms with E-state index in [0.717, 1.165) is 116 Å². The largest absolute Gasteiger partial charge is 3.00 e. The van der Waals surface area contributed by atoms with Gasteiger partial charge >= 0.3 is 20.1 Å². The van der Waals surface area contributed by atoms with Crippen LogP contribution in [0.2, 0.25) is 0 Å². The summed E-state index contributed by atoms with van der Waals surface area (Å²) in [6.07, 6.45) is 5.56. The number of aromatic nitrogens is 3. The van der Waals surface area contributed by atoms with Crippen LogP contribution in [0.5, 0.6) is 0 Å². The summed E-state index contributed by atoms with van der Waals surface area (Å²) in [5.74, 6) is 0. The van der Waals surface area contributed by atoms with Crippen molar-refractivity contribution in [3.05, 3.63) is 272 Å². The summed E-state index contributed by atoms with van der Waals surface area (Å²) in [5, 5.41) is 6.64. The number of para-hydroxylation sites is 3. The summed E-state index contributed by atoms with van der Waals surface area (Å²) in [4.78, 5) is 13.8. The molecular weight excluding hydrogens is 1150 g/mol. The van der Waals surface area contributed by atoms with Gasteiger partial charge in [0.05, 0.1) is 16.7 Å². The molecule has 15 aromatic rings. The van der Waals surface area contributed by atoms with Crippen molar-refractivity contribution in [3.63, 3.8) is 0 Å². The summed E-state index contributed by atoms with van der Waals surface area (Å²) in [6, 6.07) is 83.9. The summed E-state index contributed by atoms with van der Waals surface area (Å²) in [6.45, 7) is 6.38. The van der Waals surface area contributed by atoms with Gasteiger partial charge in [0.25, 0.3) is 0 Å². The molecule has 0 bridgehead atoms. The molecule has 0 spiro atoms. The van der Waals surface area contributed by atoms with E-state index in [4.69, 9.17) is 13.3 Å². The molecule has 0 N–H and O–H groups in total. The Balaban J connectivity index is 0.000000118. The van der Waals surface area contributed by atoms with Gasteiger partial charge in [-0.2, -0.15) is 0 Å². The van der Waals surface area contributed by atoms with Crippen molar-refractivity contribution in [2.24, 2.45) is 0 Å². The van der Waals surface area contributed by atoms with E-state index in [1.807, 2.05) is 110 Å². The summed E-state index contributed by atoms with van der Waals surface area (Å²) >= 11 is 0. The number of nitrogens with zero attached hydrogens (tertiary/aromatic N) is 3.